The van der Waals surface area contributed by atoms with Gasteiger partial charge >= 0.3 is 0 Å². The number of pyridine rings is 1. The van der Waals surface area contributed by atoms with Crippen LogP contribution in [0.4, 0.5) is 5.82 Å². The van der Waals surface area contributed by atoms with E-state index in [1.54, 1.807) is 6.20 Å². The maximum Gasteiger partial charge on any atom is 0.221 e. The summed E-state index contributed by atoms with van der Waals surface area (Å²) in [6.07, 6.45) is 3.19. The molecule has 1 aromatic heterocycles. The lowest BCUT2D eigenvalue weighted by Crippen LogP contribution is -2.26. The third-order valence-electron chi connectivity index (χ3n) is 1.98. The number of hydrogen-bond acceptors (Lipinski definition) is 3. The smallest absolute Gasteiger partial charge is 0.221 e. The van der Waals surface area contributed by atoms with E-state index in [4.69, 9.17) is 0 Å². The molecular weight excluding hydrogens is 317 g/mol. The van der Waals surface area contributed by atoms with Crippen molar-refractivity contribution in [3.05, 3.63) is 21.9 Å². The zero-order valence-corrected chi connectivity index (χ0v) is 11.5. The van der Waals surface area contributed by atoms with Gasteiger partial charge in [0.2, 0.25) is 5.91 Å². The lowest BCUT2D eigenvalue weighted by atomic mass is 10.3. The number of carbonyl (C=O) groups excluding carboxylic acids is 1. The van der Waals surface area contributed by atoms with Gasteiger partial charge in [-0.2, -0.15) is 0 Å². The molecule has 5 heteroatoms. The first-order valence-electron chi connectivity index (χ1n) is 5.35. The lowest BCUT2D eigenvalue weighted by molar-refractivity contribution is -0.120. The van der Waals surface area contributed by atoms with Crippen molar-refractivity contribution in [2.75, 3.05) is 18.4 Å². The molecule has 88 valence electrons. The standard InChI is InChI=1S/C11H16IN3O/c1-2-6-13-10(16)5-8-15-11-9(12)4-3-7-14-11/h3-4,7H,2,5-6,8H2,1H3,(H,13,16)(H,14,15). The minimum Gasteiger partial charge on any atom is -0.369 e. The van der Waals surface area contributed by atoms with Crippen LogP contribution in [-0.2, 0) is 4.79 Å². The Bertz CT molecular complexity index is 344. The topological polar surface area (TPSA) is 54.0 Å². The largest absolute Gasteiger partial charge is 0.369 e. The molecule has 0 saturated carbocycles. The van der Waals surface area contributed by atoms with Crippen molar-refractivity contribution in [1.82, 2.24) is 10.3 Å². The molecule has 0 saturated heterocycles. The predicted octanol–water partition coefficient (Wildman–Crippen LogP) is 2.01. The first-order valence-corrected chi connectivity index (χ1v) is 6.43. The fourth-order valence-corrected chi connectivity index (χ4v) is 1.70. The third kappa shape index (κ3) is 4.78. The van der Waals surface area contributed by atoms with Gasteiger partial charge in [-0.1, -0.05) is 6.92 Å². The number of hydrogen-bond donors (Lipinski definition) is 2. The molecular formula is C11H16IN3O. The summed E-state index contributed by atoms with van der Waals surface area (Å²) in [4.78, 5) is 15.5. The Morgan fingerprint density at radius 1 is 1.50 bits per heavy atom. The van der Waals surface area contributed by atoms with E-state index in [0.29, 0.717) is 13.0 Å². The van der Waals surface area contributed by atoms with E-state index < -0.39 is 0 Å². The maximum atomic E-state index is 11.3. The van der Waals surface area contributed by atoms with Crippen molar-refractivity contribution in [2.45, 2.75) is 19.8 Å². The van der Waals surface area contributed by atoms with Crippen LogP contribution in [0.5, 0.6) is 0 Å². The number of nitrogens with one attached hydrogen (secondary N) is 2. The molecule has 0 spiro atoms. The fraction of sp³-hybridized carbons (Fsp3) is 0.455. The molecule has 4 nitrogen and oxygen atoms in total. The van der Waals surface area contributed by atoms with Gasteiger partial charge in [0.1, 0.15) is 5.82 Å². The molecule has 1 amide bonds. The van der Waals surface area contributed by atoms with Crippen LogP contribution < -0.4 is 10.6 Å². The van der Waals surface area contributed by atoms with Gasteiger partial charge in [-0.15, -0.1) is 0 Å². The Morgan fingerprint density at radius 3 is 3.00 bits per heavy atom. The SMILES string of the molecule is CCCNC(=O)CCNc1ncccc1I. The molecule has 1 rings (SSSR count). The van der Waals surface area contributed by atoms with Crippen molar-refractivity contribution >= 4 is 34.3 Å². The summed E-state index contributed by atoms with van der Waals surface area (Å²) < 4.78 is 1.06. The Hall–Kier alpha value is -0.850. The van der Waals surface area contributed by atoms with Gasteiger partial charge in [-0.3, -0.25) is 4.79 Å². The normalized spacial score (nSPS) is 9.88. The van der Waals surface area contributed by atoms with Crippen molar-refractivity contribution in [3.8, 4) is 0 Å². The molecule has 1 aromatic rings. The van der Waals surface area contributed by atoms with E-state index in [1.807, 2.05) is 19.1 Å². The quantitative estimate of drug-likeness (QED) is 0.783. The number of aromatic nitrogens is 1. The molecule has 0 atom stereocenters. The summed E-state index contributed by atoms with van der Waals surface area (Å²) in [6.45, 7) is 3.40. The monoisotopic (exact) mass is 333 g/mol. The Morgan fingerprint density at radius 2 is 2.31 bits per heavy atom. The highest BCUT2D eigenvalue weighted by Gasteiger charge is 2.01. The Labute approximate surface area is 109 Å². The van der Waals surface area contributed by atoms with Gasteiger partial charge in [0.25, 0.3) is 0 Å². The van der Waals surface area contributed by atoms with Crippen molar-refractivity contribution in [2.24, 2.45) is 0 Å². The van der Waals surface area contributed by atoms with Crippen molar-refractivity contribution in [1.29, 1.82) is 0 Å². The van der Waals surface area contributed by atoms with Crippen LogP contribution in [0.2, 0.25) is 0 Å². The second-order valence-electron chi connectivity index (χ2n) is 3.36. The molecule has 16 heavy (non-hydrogen) atoms. The van der Waals surface area contributed by atoms with Crippen LogP contribution in [0.1, 0.15) is 19.8 Å². The van der Waals surface area contributed by atoms with Crippen LogP contribution in [0.15, 0.2) is 18.3 Å². The molecule has 0 aliphatic rings. The highest BCUT2D eigenvalue weighted by molar-refractivity contribution is 14.1. The summed E-state index contributed by atoms with van der Waals surface area (Å²) in [5.74, 6) is 0.923. The molecule has 0 aromatic carbocycles. The van der Waals surface area contributed by atoms with Gasteiger partial charge in [0, 0.05) is 25.7 Å². The van der Waals surface area contributed by atoms with Crippen LogP contribution in [-0.4, -0.2) is 24.0 Å². The Balaban J connectivity index is 2.25. The summed E-state index contributed by atoms with van der Waals surface area (Å²) in [5.41, 5.74) is 0. The van der Waals surface area contributed by atoms with E-state index in [1.165, 1.54) is 0 Å². The van der Waals surface area contributed by atoms with E-state index in [0.717, 1.165) is 22.4 Å². The maximum absolute atomic E-state index is 11.3. The zero-order chi connectivity index (χ0) is 11.8. The van der Waals surface area contributed by atoms with Gasteiger partial charge in [0.15, 0.2) is 0 Å². The summed E-state index contributed by atoms with van der Waals surface area (Å²) in [6, 6.07) is 3.87. The van der Waals surface area contributed by atoms with Crippen molar-refractivity contribution < 1.29 is 4.79 Å². The van der Waals surface area contributed by atoms with Gasteiger partial charge in [0.05, 0.1) is 3.57 Å². The van der Waals surface area contributed by atoms with E-state index >= 15 is 0 Å². The van der Waals surface area contributed by atoms with Gasteiger partial charge in [-0.05, 0) is 41.1 Å². The lowest BCUT2D eigenvalue weighted by Gasteiger charge is -2.07. The summed E-state index contributed by atoms with van der Waals surface area (Å²) >= 11 is 2.21. The van der Waals surface area contributed by atoms with E-state index in [9.17, 15) is 4.79 Å². The predicted molar refractivity (Wildman–Crippen MR) is 73.4 cm³/mol. The highest BCUT2D eigenvalue weighted by atomic mass is 127. The van der Waals surface area contributed by atoms with E-state index in [-0.39, 0.29) is 5.91 Å². The number of halogens is 1. The van der Waals surface area contributed by atoms with Crippen LogP contribution in [0, 0.1) is 3.57 Å². The second kappa shape index (κ2) is 7.43. The molecule has 0 radical (unpaired) electrons. The molecule has 2 N–H and O–H groups in total. The Kier molecular flexibility index (Phi) is 6.14. The first-order chi connectivity index (χ1) is 7.74. The zero-order valence-electron chi connectivity index (χ0n) is 9.29. The number of anilines is 1. The number of nitrogens with zero attached hydrogens (tertiary/aromatic N) is 1. The number of carbonyl (C=O) groups is 1. The minimum atomic E-state index is 0.0836. The van der Waals surface area contributed by atoms with Crippen molar-refractivity contribution in [3.63, 3.8) is 0 Å². The van der Waals surface area contributed by atoms with E-state index in [2.05, 4.69) is 38.2 Å². The molecule has 0 fully saturated rings. The van der Waals surface area contributed by atoms with Crippen LogP contribution >= 0.6 is 22.6 Å². The first kappa shape index (κ1) is 13.2. The molecule has 0 unspecified atom stereocenters. The molecule has 0 aliphatic carbocycles. The molecule has 0 bridgehead atoms. The number of amides is 1. The minimum absolute atomic E-state index is 0.0836. The summed E-state index contributed by atoms with van der Waals surface area (Å²) in [7, 11) is 0. The number of rotatable bonds is 6. The highest BCUT2D eigenvalue weighted by Crippen LogP contribution is 2.13. The van der Waals surface area contributed by atoms with Crippen LogP contribution in [0.25, 0.3) is 0 Å². The van der Waals surface area contributed by atoms with Gasteiger partial charge in [-0.25, -0.2) is 4.98 Å². The second-order valence-corrected chi connectivity index (χ2v) is 4.52. The summed E-state index contributed by atoms with van der Waals surface area (Å²) in [5, 5.41) is 5.97. The average Bonchev–Trinajstić information content (AvgIpc) is 2.29. The molecule has 1 heterocycles. The van der Waals surface area contributed by atoms with Crippen LogP contribution in [0.3, 0.4) is 0 Å². The average molecular weight is 333 g/mol. The van der Waals surface area contributed by atoms with Gasteiger partial charge < -0.3 is 10.6 Å². The molecule has 0 aliphatic heterocycles. The fourth-order valence-electron chi connectivity index (χ4n) is 1.16. The third-order valence-corrected chi connectivity index (χ3v) is 2.85.